The minimum Gasteiger partial charge on any atom is -0.464 e. The van der Waals surface area contributed by atoms with Crippen LogP contribution in [0.3, 0.4) is 0 Å². The van der Waals surface area contributed by atoms with Crippen LogP contribution in [0.2, 0.25) is 0 Å². The van der Waals surface area contributed by atoms with Gasteiger partial charge in [-0.2, -0.15) is 0 Å². The molecule has 0 radical (unpaired) electrons. The van der Waals surface area contributed by atoms with Crippen molar-refractivity contribution in [2.45, 2.75) is 37.9 Å². The first-order valence-corrected chi connectivity index (χ1v) is 12.3. The molecule has 2 atom stereocenters. The molecule has 10 heteroatoms. The van der Waals surface area contributed by atoms with Crippen LogP contribution >= 0.6 is 0 Å². The Hall–Kier alpha value is -3.21. The molecule has 1 aromatic carbocycles. The van der Waals surface area contributed by atoms with Crippen molar-refractivity contribution in [2.24, 2.45) is 0 Å². The Bertz CT molecular complexity index is 1140. The number of hydrogen-bond donors (Lipinski definition) is 2. The molecular weight excluding hydrogens is 468 g/mol. The van der Waals surface area contributed by atoms with E-state index in [1.54, 1.807) is 35.2 Å². The lowest BCUT2D eigenvalue weighted by Crippen LogP contribution is -2.35. The zero-order valence-corrected chi connectivity index (χ0v) is 20.1. The molecular formula is C26H32N2O8. The van der Waals surface area contributed by atoms with Crippen LogP contribution in [-0.4, -0.2) is 74.2 Å². The molecule has 0 spiro atoms. The molecule has 2 amide bonds. The zero-order chi connectivity index (χ0) is 25.3. The fourth-order valence-electron chi connectivity index (χ4n) is 4.39. The summed E-state index contributed by atoms with van der Waals surface area (Å²) in [6, 6.07) is 7.01. The molecule has 1 fully saturated rings. The summed E-state index contributed by atoms with van der Waals surface area (Å²) in [6.07, 6.45) is 4.70. The van der Waals surface area contributed by atoms with E-state index in [1.165, 1.54) is 6.26 Å². The highest BCUT2D eigenvalue weighted by molar-refractivity contribution is 5.91. The average molecular weight is 501 g/mol. The number of para-hydroxylation sites is 1. The van der Waals surface area contributed by atoms with Gasteiger partial charge in [0, 0.05) is 44.0 Å². The van der Waals surface area contributed by atoms with Gasteiger partial charge < -0.3 is 34.0 Å². The summed E-state index contributed by atoms with van der Waals surface area (Å²) in [5.74, 6) is -0.648. The van der Waals surface area contributed by atoms with Gasteiger partial charge in [0.1, 0.15) is 5.58 Å². The molecule has 1 saturated heterocycles. The fraction of sp³-hybridized carbons (Fsp3) is 0.500. The first-order valence-electron chi connectivity index (χ1n) is 12.3. The van der Waals surface area contributed by atoms with Crippen molar-refractivity contribution in [3.63, 3.8) is 0 Å². The number of rotatable bonds is 12. The number of carbonyl (C=O) groups is 2. The summed E-state index contributed by atoms with van der Waals surface area (Å²) < 4.78 is 22.5. The second kappa shape index (κ2) is 12.7. The fourth-order valence-corrected chi connectivity index (χ4v) is 4.39. The molecule has 0 bridgehead atoms. The van der Waals surface area contributed by atoms with Crippen LogP contribution in [0.25, 0.3) is 11.0 Å². The number of benzene rings is 1. The van der Waals surface area contributed by atoms with E-state index >= 15 is 0 Å². The summed E-state index contributed by atoms with van der Waals surface area (Å²) in [7, 11) is 0. The molecule has 10 nitrogen and oxygen atoms in total. The largest absolute Gasteiger partial charge is 0.464 e. The van der Waals surface area contributed by atoms with Gasteiger partial charge in [0.2, 0.25) is 12.2 Å². The summed E-state index contributed by atoms with van der Waals surface area (Å²) in [4.78, 5) is 39.6. The number of hydrogen-bond acceptors (Lipinski definition) is 8. The van der Waals surface area contributed by atoms with E-state index in [1.807, 2.05) is 0 Å². The Labute approximate surface area is 208 Å². The monoisotopic (exact) mass is 500 g/mol. The van der Waals surface area contributed by atoms with Crippen LogP contribution in [0.1, 0.15) is 37.2 Å². The Balaban J connectivity index is 1.44. The van der Waals surface area contributed by atoms with Crippen LogP contribution in [0.5, 0.6) is 0 Å². The van der Waals surface area contributed by atoms with Crippen molar-refractivity contribution in [2.75, 3.05) is 46.1 Å². The molecule has 2 N–H and O–H groups in total. The van der Waals surface area contributed by atoms with E-state index in [-0.39, 0.29) is 43.5 Å². The molecule has 1 aromatic heterocycles. The summed E-state index contributed by atoms with van der Waals surface area (Å²) in [5.41, 5.74) is 0.741. The molecule has 4 rings (SSSR count). The van der Waals surface area contributed by atoms with Crippen molar-refractivity contribution in [1.82, 2.24) is 10.2 Å². The van der Waals surface area contributed by atoms with Gasteiger partial charge in [-0.25, -0.2) is 0 Å². The Morgan fingerprint density at radius 1 is 1.19 bits per heavy atom. The van der Waals surface area contributed by atoms with Crippen LogP contribution in [0, 0.1) is 0 Å². The topological polar surface area (TPSA) is 128 Å². The quantitative estimate of drug-likeness (QED) is 0.421. The number of aliphatic hydroxyl groups is 1. The molecule has 36 heavy (non-hydrogen) atoms. The van der Waals surface area contributed by atoms with Gasteiger partial charge in [0.25, 0.3) is 5.91 Å². The second-order valence-corrected chi connectivity index (χ2v) is 8.74. The van der Waals surface area contributed by atoms with Crippen molar-refractivity contribution in [3.05, 3.63) is 58.2 Å². The minimum atomic E-state index is -0.772. The predicted octanol–water partition coefficient (Wildman–Crippen LogP) is 1.66. The Morgan fingerprint density at radius 3 is 2.86 bits per heavy atom. The van der Waals surface area contributed by atoms with E-state index in [0.29, 0.717) is 48.9 Å². The molecule has 0 aliphatic carbocycles. The van der Waals surface area contributed by atoms with Gasteiger partial charge in [0.05, 0.1) is 38.1 Å². The van der Waals surface area contributed by atoms with Crippen molar-refractivity contribution < 1.29 is 33.3 Å². The number of fused-ring (bicyclic) bond motifs is 1. The van der Waals surface area contributed by atoms with E-state index in [9.17, 15) is 14.4 Å². The molecule has 0 saturated carbocycles. The van der Waals surface area contributed by atoms with E-state index < -0.39 is 18.1 Å². The molecule has 0 unspecified atom stereocenters. The van der Waals surface area contributed by atoms with Gasteiger partial charge in [-0.05, 0) is 31.1 Å². The maximum atomic E-state index is 13.2. The predicted molar refractivity (Wildman–Crippen MR) is 130 cm³/mol. The maximum absolute atomic E-state index is 13.2. The van der Waals surface area contributed by atoms with E-state index in [0.717, 1.165) is 13.0 Å². The standard InChI is InChI=1S/C26H32N2O8/c29-11-12-33-13-14-34-24-16-18(20-17-35-21-6-2-1-5-19(21)25(20)31)15-22(36-24)26(32)27-8-4-10-28-9-3-7-23(28)30/h1-2,5-6,15,17-18,24,29H,3-4,7-14,16H2,(H,27,32)/t18-,24+/m0/s1. The number of likely N-dealkylation sites (tertiary alicyclic amines) is 1. The first-order chi connectivity index (χ1) is 17.6. The van der Waals surface area contributed by atoms with Gasteiger partial charge in [-0.15, -0.1) is 0 Å². The third-order valence-corrected chi connectivity index (χ3v) is 6.22. The van der Waals surface area contributed by atoms with Crippen molar-refractivity contribution in [3.8, 4) is 0 Å². The maximum Gasteiger partial charge on any atom is 0.286 e. The molecule has 2 aromatic rings. The molecule has 3 heterocycles. The van der Waals surface area contributed by atoms with Gasteiger partial charge >= 0.3 is 0 Å². The normalized spacial score (nSPS) is 19.9. The number of nitrogens with one attached hydrogen (secondary N) is 1. The molecule has 194 valence electrons. The molecule has 2 aliphatic heterocycles. The average Bonchev–Trinajstić information content (AvgIpc) is 3.31. The van der Waals surface area contributed by atoms with Gasteiger partial charge in [-0.3, -0.25) is 14.4 Å². The lowest BCUT2D eigenvalue weighted by molar-refractivity contribution is -0.151. The first kappa shape index (κ1) is 25.9. The second-order valence-electron chi connectivity index (χ2n) is 8.74. The summed E-state index contributed by atoms with van der Waals surface area (Å²) >= 11 is 0. The van der Waals surface area contributed by atoms with E-state index in [2.05, 4.69) is 5.32 Å². The zero-order valence-electron chi connectivity index (χ0n) is 20.1. The number of nitrogens with zero attached hydrogens (tertiary/aromatic N) is 1. The highest BCUT2D eigenvalue weighted by atomic mass is 16.7. The summed E-state index contributed by atoms with van der Waals surface area (Å²) in [5, 5.41) is 12.1. The lowest BCUT2D eigenvalue weighted by Gasteiger charge is -2.29. The number of amides is 2. The minimum absolute atomic E-state index is 0.0670. The number of aliphatic hydroxyl groups excluding tert-OH is 1. The number of carbonyl (C=O) groups excluding carboxylic acids is 2. The van der Waals surface area contributed by atoms with Crippen molar-refractivity contribution in [1.29, 1.82) is 0 Å². The number of ether oxygens (including phenoxy) is 3. The van der Waals surface area contributed by atoms with Gasteiger partial charge in [-0.1, -0.05) is 12.1 Å². The van der Waals surface area contributed by atoms with Crippen LogP contribution < -0.4 is 10.7 Å². The van der Waals surface area contributed by atoms with E-state index in [4.69, 9.17) is 23.7 Å². The third kappa shape index (κ3) is 6.51. The van der Waals surface area contributed by atoms with Crippen molar-refractivity contribution >= 4 is 22.8 Å². The Kier molecular flexibility index (Phi) is 9.10. The summed E-state index contributed by atoms with van der Waals surface area (Å²) in [6.45, 7) is 2.31. The SMILES string of the molecule is O=C(NCCCN1CCCC1=O)C1=C[C@H](c2coc3ccccc3c2=O)C[C@H](OCCOCCO)O1. The lowest BCUT2D eigenvalue weighted by atomic mass is 9.93. The van der Waals surface area contributed by atoms with Crippen LogP contribution in [0.4, 0.5) is 0 Å². The smallest absolute Gasteiger partial charge is 0.286 e. The number of allylic oxidation sites excluding steroid dienone is 1. The third-order valence-electron chi connectivity index (χ3n) is 6.22. The van der Waals surface area contributed by atoms with Crippen LogP contribution in [-0.2, 0) is 23.8 Å². The highest BCUT2D eigenvalue weighted by Crippen LogP contribution is 2.31. The molecule has 2 aliphatic rings. The Morgan fingerprint density at radius 2 is 2.06 bits per heavy atom. The van der Waals surface area contributed by atoms with Gasteiger partial charge in [0.15, 0.2) is 11.2 Å². The highest BCUT2D eigenvalue weighted by Gasteiger charge is 2.30. The van der Waals surface area contributed by atoms with Crippen LogP contribution in [0.15, 0.2) is 51.6 Å².